The van der Waals surface area contributed by atoms with E-state index >= 15 is 0 Å². The van der Waals surface area contributed by atoms with Gasteiger partial charge in [-0.25, -0.2) is 0 Å². The monoisotopic (exact) mass is 310 g/mol. The molecule has 0 radical (unpaired) electrons. The van der Waals surface area contributed by atoms with Gasteiger partial charge in [-0.05, 0) is 30.3 Å². The smallest absolute Gasteiger partial charge is 0.137 e. The Kier molecular flexibility index (Phi) is 4.87. The number of aromatic nitrogens is 1. The molecule has 0 amide bonds. The summed E-state index contributed by atoms with van der Waals surface area (Å²) >= 11 is 0. The minimum absolute atomic E-state index is 0.358. The molecule has 0 bridgehead atoms. The van der Waals surface area contributed by atoms with Gasteiger partial charge in [0.15, 0.2) is 0 Å². The van der Waals surface area contributed by atoms with E-state index in [0.29, 0.717) is 17.9 Å². The van der Waals surface area contributed by atoms with Crippen LogP contribution in [-0.4, -0.2) is 4.98 Å². The molecule has 3 nitrogen and oxygen atoms in total. The van der Waals surface area contributed by atoms with Gasteiger partial charge < -0.3 is 4.74 Å². The van der Waals surface area contributed by atoms with Gasteiger partial charge in [-0.3, -0.25) is 4.98 Å². The Labute approximate surface area is 141 Å². The summed E-state index contributed by atoms with van der Waals surface area (Å²) in [4.78, 5) is 4.06. The van der Waals surface area contributed by atoms with Crippen LogP contribution in [0.2, 0.25) is 0 Å². The summed E-state index contributed by atoms with van der Waals surface area (Å²) in [5.41, 5.74) is 3.26. The van der Waals surface area contributed by atoms with Gasteiger partial charge in [-0.15, -0.1) is 0 Å². The standard InChI is InChI=1S/C21H14N2O/c22-14-19-8-3-4-10-21(19)24-16-20-9-2-1-7-18(20)12-11-17-6-5-13-23-15-17/h1-10,13,15H,16H2. The Balaban J connectivity index is 1.80. The molecule has 0 saturated carbocycles. The summed E-state index contributed by atoms with van der Waals surface area (Å²) in [6.45, 7) is 0.358. The predicted octanol–water partition coefficient (Wildman–Crippen LogP) is 3.93. The number of rotatable bonds is 3. The molecule has 0 fully saturated rings. The Morgan fingerprint density at radius 3 is 2.46 bits per heavy atom. The van der Waals surface area contributed by atoms with Crippen LogP contribution in [0.15, 0.2) is 73.1 Å². The van der Waals surface area contributed by atoms with Crippen LogP contribution in [0.5, 0.6) is 5.75 Å². The van der Waals surface area contributed by atoms with Crippen LogP contribution >= 0.6 is 0 Å². The van der Waals surface area contributed by atoms with Crippen LogP contribution in [-0.2, 0) is 6.61 Å². The summed E-state index contributed by atoms with van der Waals surface area (Å²) in [6, 6.07) is 20.9. The van der Waals surface area contributed by atoms with Gasteiger partial charge in [-0.1, -0.05) is 42.2 Å². The van der Waals surface area contributed by atoms with Crippen molar-refractivity contribution in [3.8, 4) is 23.7 Å². The lowest BCUT2D eigenvalue weighted by atomic mass is 10.1. The van der Waals surface area contributed by atoms with Crippen molar-refractivity contribution in [2.45, 2.75) is 6.61 Å². The second-order valence-electron chi connectivity index (χ2n) is 5.05. The first-order valence-electron chi connectivity index (χ1n) is 7.49. The van der Waals surface area contributed by atoms with E-state index < -0.39 is 0 Å². The fraction of sp³-hybridized carbons (Fsp3) is 0.0476. The van der Waals surface area contributed by atoms with Crippen molar-refractivity contribution in [1.29, 1.82) is 5.26 Å². The highest BCUT2D eigenvalue weighted by atomic mass is 16.5. The Morgan fingerprint density at radius 2 is 1.67 bits per heavy atom. The maximum Gasteiger partial charge on any atom is 0.137 e. The lowest BCUT2D eigenvalue weighted by molar-refractivity contribution is 0.305. The maximum absolute atomic E-state index is 9.12. The molecule has 0 aliphatic heterocycles. The van der Waals surface area contributed by atoms with Crippen molar-refractivity contribution >= 4 is 0 Å². The third kappa shape index (κ3) is 3.80. The molecular weight excluding hydrogens is 296 g/mol. The van der Waals surface area contributed by atoms with Gasteiger partial charge >= 0.3 is 0 Å². The van der Waals surface area contributed by atoms with Crippen LogP contribution in [0.3, 0.4) is 0 Å². The minimum atomic E-state index is 0.358. The van der Waals surface area contributed by atoms with Crippen LogP contribution in [0.4, 0.5) is 0 Å². The Bertz CT molecular complexity index is 931. The highest BCUT2D eigenvalue weighted by Crippen LogP contribution is 2.19. The first kappa shape index (κ1) is 15.3. The van der Waals surface area contributed by atoms with Crippen molar-refractivity contribution in [2.75, 3.05) is 0 Å². The van der Waals surface area contributed by atoms with Crippen LogP contribution < -0.4 is 4.74 Å². The van der Waals surface area contributed by atoms with Gasteiger partial charge in [0, 0.05) is 29.1 Å². The van der Waals surface area contributed by atoms with Gasteiger partial charge in [0.05, 0.1) is 5.56 Å². The van der Waals surface area contributed by atoms with E-state index in [9.17, 15) is 0 Å². The van der Waals surface area contributed by atoms with Gasteiger partial charge in [-0.2, -0.15) is 5.26 Å². The van der Waals surface area contributed by atoms with Crippen molar-refractivity contribution in [2.24, 2.45) is 0 Å². The molecule has 0 saturated heterocycles. The van der Waals surface area contributed by atoms with Gasteiger partial charge in [0.25, 0.3) is 0 Å². The number of nitriles is 1. The normalized spacial score (nSPS) is 9.46. The van der Waals surface area contributed by atoms with Crippen molar-refractivity contribution in [3.63, 3.8) is 0 Å². The van der Waals surface area contributed by atoms with Gasteiger partial charge in [0.2, 0.25) is 0 Å². The molecular formula is C21H14N2O. The highest BCUT2D eigenvalue weighted by Gasteiger charge is 2.04. The Morgan fingerprint density at radius 1 is 0.875 bits per heavy atom. The van der Waals surface area contributed by atoms with E-state index in [1.54, 1.807) is 24.5 Å². The largest absolute Gasteiger partial charge is 0.487 e. The number of pyridine rings is 1. The molecule has 3 rings (SSSR count). The average molecular weight is 310 g/mol. The van der Waals surface area contributed by atoms with Crippen molar-refractivity contribution < 1.29 is 4.74 Å². The van der Waals surface area contributed by atoms with E-state index in [4.69, 9.17) is 10.00 Å². The second kappa shape index (κ2) is 7.63. The molecule has 0 aliphatic rings. The quantitative estimate of drug-likeness (QED) is 0.689. The zero-order chi connectivity index (χ0) is 16.6. The molecule has 3 aromatic rings. The summed E-state index contributed by atoms with van der Waals surface area (Å²) in [6.07, 6.45) is 3.45. The molecule has 2 aromatic carbocycles. The number of benzene rings is 2. The molecule has 1 heterocycles. The number of nitrogens with zero attached hydrogens (tertiary/aromatic N) is 2. The summed E-state index contributed by atoms with van der Waals surface area (Å²) in [5.74, 6) is 6.84. The van der Waals surface area contributed by atoms with E-state index in [1.807, 2.05) is 48.5 Å². The molecule has 114 valence electrons. The number of hydrogen-bond acceptors (Lipinski definition) is 3. The molecule has 24 heavy (non-hydrogen) atoms. The third-order valence-corrected chi connectivity index (χ3v) is 3.41. The zero-order valence-electron chi connectivity index (χ0n) is 12.9. The van der Waals surface area contributed by atoms with Crippen molar-refractivity contribution in [3.05, 3.63) is 95.3 Å². The predicted molar refractivity (Wildman–Crippen MR) is 92.1 cm³/mol. The lowest BCUT2D eigenvalue weighted by Gasteiger charge is -2.09. The fourth-order valence-corrected chi connectivity index (χ4v) is 2.18. The number of ether oxygens (including phenoxy) is 1. The number of hydrogen-bond donors (Lipinski definition) is 0. The zero-order valence-corrected chi connectivity index (χ0v) is 12.9. The number of para-hydroxylation sites is 1. The molecule has 0 aliphatic carbocycles. The molecule has 1 aromatic heterocycles. The summed E-state index contributed by atoms with van der Waals surface area (Å²) in [5, 5.41) is 9.12. The van der Waals surface area contributed by atoms with Crippen LogP contribution in [0, 0.1) is 23.2 Å². The molecule has 3 heteroatoms. The van der Waals surface area contributed by atoms with Crippen molar-refractivity contribution in [1.82, 2.24) is 4.98 Å². The molecule has 0 N–H and O–H groups in total. The average Bonchev–Trinajstić information content (AvgIpc) is 2.66. The second-order valence-corrected chi connectivity index (χ2v) is 5.05. The molecule has 0 spiro atoms. The summed E-state index contributed by atoms with van der Waals surface area (Å²) in [7, 11) is 0. The first-order valence-corrected chi connectivity index (χ1v) is 7.49. The third-order valence-electron chi connectivity index (χ3n) is 3.41. The maximum atomic E-state index is 9.12. The van der Waals surface area contributed by atoms with Crippen LogP contribution in [0.25, 0.3) is 0 Å². The Hall–Kier alpha value is -3.56. The summed E-state index contributed by atoms with van der Waals surface area (Å²) < 4.78 is 5.80. The first-order chi connectivity index (χ1) is 11.9. The van der Waals surface area contributed by atoms with E-state index in [-0.39, 0.29) is 0 Å². The SMILES string of the molecule is N#Cc1ccccc1OCc1ccccc1C#Cc1cccnc1. The fourth-order valence-electron chi connectivity index (χ4n) is 2.18. The highest BCUT2D eigenvalue weighted by molar-refractivity contribution is 5.46. The van der Waals surface area contributed by atoms with E-state index in [2.05, 4.69) is 22.9 Å². The molecule has 0 atom stereocenters. The van der Waals surface area contributed by atoms with Crippen LogP contribution in [0.1, 0.15) is 22.3 Å². The lowest BCUT2D eigenvalue weighted by Crippen LogP contribution is -1.99. The molecule has 0 unspecified atom stereocenters. The van der Waals surface area contributed by atoms with E-state index in [1.165, 1.54) is 0 Å². The minimum Gasteiger partial charge on any atom is -0.487 e. The van der Waals surface area contributed by atoms with E-state index in [0.717, 1.165) is 16.7 Å². The topological polar surface area (TPSA) is 45.9 Å². The van der Waals surface area contributed by atoms with Gasteiger partial charge in [0.1, 0.15) is 18.4 Å².